The quantitative estimate of drug-likeness (QED) is 0.915. The molecule has 0 aliphatic heterocycles. The van der Waals surface area contributed by atoms with Gasteiger partial charge in [0, 0.05) is 0 Å². The van der Waals surface area contributed by atoms with E-state index in [1.165, 1.54) is 0 Å². The highest BCUT2D eigenvalue weighted by Crippen LogP contribution is 2.31. The van der Waals surface area contributed by atoms with Crippen LogP contribution in [0, 0.1) is 0 Å². The van der Waals surface area contributed by atoms with Gasteiger partial charge in [0.05, 0.1) is 14.7 Å². The zero-order valence-electron chi connectivity index (χ0n) is 9.74. The van der Waals surface area contributed by atoms with Crippen LogP contribution >= 0.6 is 27.3 Å². The van der Waals surface area contributed by atoms with E-state index in [9.17, 15) is 0 Å². The van der Waals surface area contributed by atoms with Gasteiger partial charge in [0.25, 0.3) is 5.89 Å². The molecule has 0 fully saturated rings. The molecule has 6 heteroatoms. The van der Waals surface area contributed by atoms with Gasteiger partial charge >= 0.3 is 0 Å². The average Bonchev–Trinajstić information content (AvgIpc) is 2.94. The van der Waals surface area contributed by atoms with Crippen molar-refractivity contribution < 1.29 is 4.42 Å². The fourth-order valence-electron chi connectivity index (χ4n) is 1.56. The smallest absolute Gasteiger partial charge is 0.257 e. The molecule has 0 aliphatic carbocycles. The Morgan fingerprint density at radius 2 is 2.24 bits per heavy atom. The molecule has 17 heavy (non-hydrogen) atoms. The fourth-order valence-corrected chi connectivity index (χ4v) is 2.86. The number of nitrogens with one attached hydrogen (secondary N) is 1. The second-order valence-electron chi connectivity index (χ2n) is 3.57. The Labute approximate surface area is 113 Å². The highest BCUT2D eigenvalue weighted by molar-refractivity contribution is 9.11. The van der Waals surface area contributed by atoms with Gasteiger partial charge in [-0.1, -0.05) is 13.8 Å². The summed E-state index contributed by atoms with van der Waals surface area (Å²) in [4.78, 5) is 0.988. The SMILES string of the molecule is CCNC(CC)c1nnc(-c2ccc(Br)s2)o1. The van der Waals surface area contributed by atoms with E-state index in [0.717, 1.165) is 21.6 Å². The lowest BCUT2D eigenvalue weighted by atomic mass is 10.2. The highest BCUT2D eigenvalue weighted by Gasteiger charge is 2.17. The second-order valence-corrected chi connectivity index (χ2v) is 6.03. The molecule has 92 valence electrons. The van der Waals surface area contributed by atoms with Gasteiger partial charge in [-0.05, 0) is 41.0 Å². The summed E-state index contributed by atoms with van der Waals surface area (Å²) >= 11 is 5.01. The minimum atomic E-state index is 0.143. The number of thiophene rings is 1. The van der Waals surface area contributed by atoms with Crippen molar-refractivity contribution in [3.63, 3.8) is 0 Å². The molecule has 1 unspecified atom stereocenters. The molecule has 0 spiro atoms. The maximum atomic E-state index is 5.69. The summed E-state index contributed by atoms with van der Waals surface area (Å²) in [6, 6.07) is 4.09. The first-order valence-corrected chi connectivity index (χ1v) is 7.18. The van der Waals surface area contributed by atoms with Crippen LogP contribution < -0.4 is 5.32 Å². The highest BCUT2D eigenvalue weighted by atomic mass is 79.9. The largest absolute Gasteiger partial charge is 0.418 e. The van der Waals surface area contributed by atoms with Crippen molar-refractivity contribution in [2.24, 2.45) is 0 Å². The Balaban J connectivity index is 2.20. The first-order chi connectivity index (χ1) is 8.24. The van der Waals surface area contributed by atoms with Crippen LogP contribution in [0.3, 0.4) is 0 Å². The topological polar surface area (TPSA) is 51.0 Å². The van der Waals surface area contributed by atoms with Crippen LogP contribution in [0.5, 0.6) is 0 Å². The molecule has 0 amide bonds. The number of rotatable bonds is 5. The van der Waals surface area contributed by atoms with E-state index < -0.39 is 0 Å². The third-order valence-electron chi connectivity index (χ3n) is 2.38. The molecule has 2 aromatic heterocycles. The predicted octanol–water partition coefficient (Wildman–Crippen LogP) is 3.62. The first-order valence-electron chi connectivity index (χ1n) is 5.57. The Morgan fingerprint density at radius 1 is 1.41 bits per heavy atom. The average molecular weight is 316 g/mol. The fraction of sp³-hybridized carbons (Fsp3) is 0.455. The standard InChI is InChI=1S/C11H14BrN3OS/c1-3-7(13-4-2)10-14-15-11(16-10)8-5-6-9(12)17-8/h5-7,13H,3-4H2,1-2H3. The van der Waals surface area contributed by atoms with Gasteiger partial charge < -0.3 is 9.73 Å². The van der Waals surface area contributed by atoms with Gasteiger partial charge in [0.1, 0.15) is 0 Å². The van der Waals surface area contributed by atoms with Crippen LogP contribution in [0.25, 0.3) is 10.8 Å². The molecule has 1 atom stereocenters. The number of hydrogen-bond acceptors (Lipinski definition) is 5. The van der Waals surface area contributed by atoms with E-state index in [-0.39, 0.29) is 6.04 Å². The lowest BCUT2D eigenvalue weighted by molar-refractivity contribution is 0.402. The van der Waals surface area contributed by atoms with Crippen LogP contribution in [-0.2, 0) is 0 Å². The van der Waals surface area contributed by atoms with Crippen LogP contribution in [0.4, 0.5) is 0 Å². The van der Waals surface area contributed by atoms with Crippen molar-refractivity contribution in [1.29, 1.82) is 0 Å². The molecule has 0 bridgehead atoms. The van der Waals surface area contributed by atoms with Crippen molar-refractivity contribution >= 4 is 27.3 Å². The molecular formula is C11H14BrN3OS. The third kappa shape index (κ3) is 2.94. The Bertz CT molecular complexity index is 483. The molecule has 2 heterocycles. The molecule has 1 N–H and O–H groups in total. The number of hydrogen-bond donors (Lipinski definition) is 1. The van der Waals surface area contributed by atoms with E-state index in [1.54, 1.807) is 11.3 Å². The summed E-state index contributed by atoms with van der Waals surface area (Å²) < 4.78 is 6.75. The van der Waals surface area contributed by atoms with Gasteiger partial charge in [-0.15, -0.1) is 21.5 Å². The van der Waals surface area contributed by atoms with E-state index in [4.69, 9.17) is 4.42 Å². The van der Waals surface area contributed by atoms with E-state index in [1.807, 2.05) is 12.1 Å². The maximum absolute atomic E-state index is 5.69. The van der Waals surface area contributed by atoms with Gasteiger partial charge in [-0.3, -0.25) is 0 Å². The van der Waals surface area contributed by atoms with Gasteiger partial charge in [0.15, 0.2) is 0 Å². The Kier molecular flexibility index (Phi) is 4.31. The zero-order valence-corrected chi connectivity index (χ0v) is 12.1. The van der Waals surface area contributed by atoms with Crippen LogP contribution in [0.2, 0.25) is 0 Å². The third-order valence-corrected chi connectivity index (χ3v) is 3.99. The summed E-state index contributed by atoms with van der Waals surface area (Å²) in [6.45, 7) is 5.05. The lowest BCUT2D eigenvalue weighted by Crippen LogP contribution is -2.20. The summed E-state index contributed by atoms with van der Waals surface area (Å²) in [5, 5.41) is 11.5. The summed E-state index contributed by atoms with van der Waals surface area (Å²) in [6.07, 6.45) is 0.934. The first kappa shape index (κ1) is 12.7. The summed E-state index contributed by atoms with van der Waals surface area (Å²) in [7, 11) is 0. The molecule has 2 aromatic rings. The molecular weight excluding hydrogens is 302 g/mol. The van der Waals surface area contributed by atoms with Crippen molar-refractivity contribution in [2.75, 3.05) is 6.54 Å². The molecule has 4 nitrogen and oxygen atoms in total. The number of aromatic nitrogens is 2. The van der Waals surface area contributed by atoms with Gasteiger partial charge in [0.2, 0.25) is 5.89 Å². The van der Waals surface area contributed by atoms with E-state index in [2.05, 4.69) is 45.3 Å². The molecule has 0 aliphatic rings. The van der Waals surface area contributed by atoms with Crippen LogP contribution in [-0.4, -0.2) is 16.7 Å². The molecule has 0 saturated heterocycles. The lowest BCUT2D eigenvalue weighted by Gasteiger charge is -2.09. The Hall–Kier alpha value is -0.720. The minimum Gasteiger partial charge on any atom is -0.418 e. The maximum Gasteiger partial charge on any atom is 0.257 e. The summed E-state index contributed by atoms with van der Waals surface area (Å²) in [5.74, 6) is 1.25. The van der Waals surface area contributed by atoms with Crippen molar-refractivity contribution in [3.8, 4) is 10.8 Å². The normalized spacial score (nSPS) is 12.9. The zero-order chi connectivity index (χ0) is 12.3. The number of halogens is 1. The van der Waals surface area contributed by atoms with Gasteiger partial charge in [-0.2, -0.15) is 0 Å². The number of nitrogens with zero attached hydrogens (tertiary/aromatic N) is 2. The molecule has 0 aromatic carbocycles. The summed E-state index contributed by atoms with van der Waals surface area (Å²) in [5.41, 5.74) is 0. The molecule has 0 radical (unpaired) electrons. The Morgan fingerprint density at radius 3 is 2.82 bits per heavy atom. The van der Waals surface area contributed by atoms with Crippen molar-refractivity contribution in [3.05, 3.63) is 21.8 Å². The van der Waals surface area contributed by atoms with E-state index >= 15 is 0 Å². The molecule has 0 saturated carbocycles. The second kappa shape index (κ2) is 5.75. The monoisotopic (exact) mass is 315 g/mol. The van der Waals surface area contributed by atoms with Crippen LogP contribution in [0.1, 0.15) is 32.2 Å². The minimum absolute atomic E-state index is 0.143. The molecule has 2 rings (SSSR count). The van der Waals surface area contributed by atoms with Crippen LogP contribution in [0.15, 0.2) is 20.3 Å². The predicted molar refractivity (Wildman–Crippen MR) is 72.0 cm³/mol. The van der Waals surface area contributed by atoms with Crippen molar-refractivity contribution in [1.82, 2.24) is 15.5 Å². The van der Waals surface area contributed by atoms with Crippen molar-refractivity contribution in [2.45, 2.75) is 26.3 Å². The van der Waals surface area contributed by atoms with E-state index in [0.29, 0.717) is 11.8 Å². The van der Waals surface area contributed by atoms with Gasteiger partial charge in [-0.25, -0.2) is 0 Å².